The van der Waals surface area contributed by atoms with Crippen molar-refractivity contribution in [2.75, 3.05) is 0 Å². The zero-order valence-corrected chi connectivity index (χ0v) is 9.96. The molecule has 0 fully saturated rings. The minimum atomic E-state index is 0.144. The van der Waals surface area contributed by atoms with Crippen molar-refractivity contribution in [3.8, 4) is 0 Å². The van der Waals surface area contributed by atoms with Crippen molar-refractivity contribution in [1.82, 2.24) is 25.5 Å². The van der Waals surface area contributed by atoms with Crippen LogP contribution in [0.25, 0.3) is 0 Å². The SMILES string of the molecule is Cc1nccnc1C(C)NCc1cccnn1. The van der Waals surface area contributed by atoms with Gasteiger partial charge in [-0.1, -0.05) is 0 Å². The third-order valence-corrected chi connectivity index (χ3v) is 2.55. The summed E-state index contributed by atoms with van der Waals surface area (Å²) in [4.78, 5) is 8.55. The Kier molecular flexibility index (Phi) is 3.72. The standard InChI is InChI=1S/C12H15N5/c1-9-12(14-7-6-13-9)10(2)15-8-11-4-3-5-16-17-11/h3-7,10,15H,8H2,1-2H3. The maximum absolute atomic E-state index is 4.33. The van der Waals surface area contributed by atoms with Crippen molar-refractivity contribution >= 4 is 0 Å². The minimum absolute atomic E-state index is 0.144. The molecule has 5 nitrogen and oxygen atoms in total. The van der Waals surface area contributed by atoms with E-state index in [1.54, 1.807) is 18.6 Å². The maximum Gasteiger partial charge on any atom is 0.0782 e. The highest BCUT2D eigenvalue weighted by Gasteiger charge is 2.09. The topological polar surface area (TPSA) is 63.6 Å². The van der Waals surface area contributed by atoms with Crippen LogP contribution in [0.1, 0.15) is 30.0 Å². The molecule has 0 radical (unpaired) electrons. The average molecular weight is 229 g/mol. The molecule has 1 unspecified atom stereocenters. The van der Waals surface area contributed by atoms with E-state index in [9.17, 15) is 0 Å². The summed E-state index contributed by atoms with van der Waals surface area (Å²) in [7, 11) is 0. The number of hydrogen-bond acceptors (Lipinski definition) is 5. The lowest BCUT2D eigenvalue weighted by Gasteiger charge is -2.14. The molecule has 2 aromatic rings. The number of nitrogens with one attached hydrogen (secondary N) is 1. The highest BCUT2D eigenvalue weighted by Crippen LogP contribution is 2.11. The molecule has 2 heterocycles. The molecule has 0 aliphatic rings. The van der Waals surface area contributed by atoms with E-state index in [0.717, 1.165) is 17.1 Å². The summed E-state index contributed by atoms with van der Waals surface area (Å²) in [6.07, 6.45) is 5.08. The van der Waals surface area contributed by atoms with Gasteiger partial charge in [-0.15, -0.1) is 0 Å². The molecule has 88 valence electrons. The van der Waals surface area contributed by atoms with E-state index >= 15 is 0 Å². The molecule has 17 heavy (non-hydrogen) atoms. The van der Waals surface area contributed by atoms with Crippen LogP contribution in [0.3, 0.4) is 0 Å². The third-order valence-electron chi connectivity index (χ3n) is 2.55. The van der Waals surface area contributed by atoms with Crippen LogP contribution in [-0.2, 0) is 6.54 Å². The molecule has 0 spiro atoms. The molecule has 0 aliphatic carbocycles. The smallest absolute Gasteiger partial charge is 0.0782 e. The van der Waals surface area contributed by atoms with Crippen LogP contribution >= 0.6 is 0 Å². The van der Waals surface area contributed by atoms with Crippen LogP contribution in [0.15, 0.2) is 30.7 Å². The van der Waals surface area contributed by atoms with Gasteiger partial charge in [0.25, 0.3) is 0 Å². The third kappa shape index (κ3) is 3.04. The van der Waals surface area contributed by atoms with Crippen molar-refractivity contribution in [1.29, 1.82) is 0 Å². The van der Waals surface area contributed by atoms with Gasteiger partial charge in [-0.2, -0.15) is 10.2 Å². The first-order valence-corrected chi connectivity index (χ1v) is 5.55. The molecule has 0 amide bonds. The molecular formula is C12H15N5. The molecule has 0 bridgehead atoms. The largest absolute Gasteiger partial charge is 0.303 e. The van der Waals surface area contributed by atoms with Crippen LogP contribution in [0.5, 0.6) is 0 Å². The lowest BCUT2D eigenvalue weighted by atomic mass is 10.2. The van der Waals surface area contributed by atoms with Gasteiger partial charge in [0.15, 0.2) is 0 Å². The molecule has 0 saturated carbocycles. The Labute approximate surface area is 100 Å². The summed E-state index contributed by atoms with van der Waals surface area (Å²) in [5, 5.41) is 11.2. The van der Waals surface area contributed by atoms with Gasteiger partial charge in [0.2, 0.25) is 0 Å². The van der Waals surface area contributed by atoms with E-state index in [1.807, 2.05) is 19.1 Å². The van der Waals surface area contributed by atoms with Gasteiger partial charge in [-0.05, 0) is 26.0 Å². The predicted octanol–water partition coefficient (Wildman–Crippen LogP) is 1.43. The summed E-state index contributed by atoms with van der Waals surface area (Å²) in [5.74, 6) is 0. The normalized spacial score (nSPS) is 12.4. The lowest BCUT2D eigenvalue weighted by Crippen LogP contribution is -2.21. The number of aromatic nitrogens is 4. The van der Waals surface area contributed by atoms with Gasteiger partial charge in [-0.3, -0.25) is 9.97 Å². The Morgan fingerprint density at radius 3 is 2.76 bits per heavy atom. The maximum atomic E-state index is 4.33. The zero-order chi connectivity index (χ0) is 12.1. The molecule has 5 heteroatoms. The van der Waals surface area contributed by atoms with E-state index in [4.69, 9.17) is 0 Å². The first kappa shape index (κ1) is 11.6. The van der Waals surface area contributed by atoms with E-state index in [1.165, 1.54) is 0 Å². The Hall–Kier alpha value is -1.88. The molecule has 2 aromatic heterocycles. The Bertz CT molecular complexity index is 471. The number of hydrogen-bond donors (Lipinski definition) is 1. The van der Waals surface area contributed by atoms with Crippen LogP contribution in [0, 0.1) is 6.92 Å². The molecule has 2 rings (SSSR count). The first-order chi connectivity index (χ1) is 8.27. The average Bonchev–Trinajstić information content (AvgIpc) is 2.38. The number of nitrogens with zero attached hydrogens (tertiary/aromatic N) is 4. The number of aryl methyl sites for hydroxylation is 1. The van der Waals surface area contributed by atoms with Crippen molar-refractivity contribution in [2.45, 2.75) is 26.4 Å². The monoisotopic (exact) mass is 229 g/mol. The fourth-order valence-corrected chi connectivity index (χ4v) is 1.63. The van der Waals surface area contributed by atoms with Gasteiger partial charge < -0.3 is 5.32 Å². The Balaban J connectivity index is 1.99. The summed E-state index contributed by atoms with van der Waals surface area (Å²) >= 11 is 0. The predicted molar refractivity (Wildman–Crippen MR) is 64.1 cm³/mol. The van der Waals surface area contributed by atoms with Gasteiger partial charge in [-0.25, -0.2) is 0 Å². The van der Waals surface area contributed by atoms with Gasteiger partial charge in [0, 0.05) is 31.2 Å². The van der Waals surface area contributed by atoms with Crippen molar-refractivity contribution in [3.05, 3.63) is 47.8 Å². The second-order valence-corrected chi connectivity index (χ2v) is 3.84. The highest BCUT2D eigenvalue weighted by molar-refractivity contribution is 5.12. The Morgan fingerprint density at radius 2 is 2.06 bits per heavy atom. The quantitative estimate of drug-likeness (QED) is 0.859. The summed E-state index contributed by atoms with van der Waals surface area (Å²) in [6.45, 7) is 4.70. The molecule has 1 atom stereocenters. The van der Waals surface area contributed by atoms with Crippen LogP contribution in [0.4, 0.5) is 0 Å². The Morgan fingerprint density at radius 1 is 1.24 bits per heavy atom. The van der Waals surface area contributed by atoms with E-state index in [0.29, 0.717) is 6.54 Å². The minimum Gasteiger partial charge on any atom is -0.303 e. The van der Waals surface area contributed by atoms with Crippen LogP contribution in [-0.4, -0.2) is 20.2 Å². The van der Waals surface area contributed by atoms with Crippen LogP contribution < -0.4 is 5.32 Å². The lowest BCUT2D eigenvalue weighted by molar-refractivity contribution is 0.546. The summed E-state index contributed by atoms with van der Waals surface area (Å²) in [6, 6.07) is 3.96. The first-order valence-electron chi connectivity index (χ1n) is 5.55. The molecular weight excluding hydrogens is 214 g/mol. The van der Waals surface area contributed by atoms with E-state index < -0.39 is 0 Å². The second-order valence-electron chi connectivity index (χ2n) is 3.84. The molecule has 1 N–H and O–H groups in total. The van der Waals surface area contributed by atoms with E-state index in [-0.39, 0.29) is 6.04 Å². The van der Waals surface area contributed by atoms with Gasteiger partial charge in [0.05, 0.1) is 17.1 Å². The zero-order valence-electron chi connectivity index (χ0n) is 9.96. The molecule has 0 aromatic carbocycles. The fourth-order valence-electron chi connectivity index (χ4n) is 1.63. The summed E-state index contributed by atoms with van der Waals surface area (Å²) in [5.41, 5.74) is 2.84. The van der Waals surface area contributed by atoms with Crippen molar-refractivity contribution < 1.29 is 0 Å². The molecule has 0 aliphatic heterocycles. The highest BCUT2D eigenvalue weighted by atomic mass is 15.1. The van der Waals surface area contributed by atoms with Crippen molar-refractivity contribution in [2.24, 2.45) is 0 Å². The van der Waals surface area contributed by atoms with Crippen LogP contribution in [0.2, 0.25) is 0 Å². The summed E-state index contributed by atoms with van der Waals surface area (Å²) < 4.78 is 0. The van der Waals surface area contributed by atoms with Gasteiger partial charge in [0.1, 0.15) is 0 Å². The fraction of sp³-hybridized carbons (Fsp3) is 0.333. The van der Waals surface area contributed by atoms with E-state index in [2.05, 4.69) is 32.4 Å². The van der Waals surface area contributed by atoms with Crippen molar-refractivity contribution in [3.63, 3.8) is 0 Å². The van der Waals surface area contributed by atoms with Gasteiger partial charge >= 0.3 is 0 Å². The second kappa shape index (κ2) is 5.45. The number of rotatable bonds is 4. The molecule has 0 saturated heterocycles.